The Morgan fingerprint density at radius 3 is 2.75 bits per heavy atom. The van der Waals surface area contributed by atoms with Gasteiger partial charge >= 0.3 is 0 Å². The van der Waals surface area contributed by atoms with Crippen LogP contribution in [0.25, 0.3) is 11.3 Å². The summed E-state index contributed by atoms with van der Waals surface area (Å²) in [5.41, 5.74) is 3.33. The third-order valence-electron chi connectivity index (χ3n) is 4.84. The zero-order chi connectivity index (χ0) is 19.9. The Bertz CT molecular complexity index is 1120. The number of aryl methyl sites for hydroxylation is 1. The number of aromatic nitrogens is 1. The van der Waals surface area contributed by atoms with Crippen LogP contribution in [0.3, 0.4) is 0 Å². The molecule has 0 fully saturated rings. The molecule has 0 amide bonds. The molecule has 1 aliphatic rings. The Morgan fingerprint density at radius 1 is 1.25 bits per heavy atom. The second-order valence-electron chi connectivity index (χ2n) is 6.83. The van der Waals surface area contributed by atoms with Crippen molar-refractivity contribution >= 4 is 27.0 Å². The number of para-hydroxylation sites is 1. The fourth-order valence-electron chi connectivity index (χ4n) is 3.65. The minimum absolute atomic E-state index is 0.151. The van der Waals surface area contributed by atoms with Crippen LogP contribution in [0.4, 0.5) is 5.69 Å². The van der Waals surface area contributed by atoms with Crippen molar-refractivity contribution in [1.82, 2.24) is 4.98 Å². The average Bonchev–Trinajstić information content (AvgIpc) is 3.24. The molecule has 0 spiro atoms. The third-order valence-corrected chi connectivity index (χ3v) is 7.56. The van der Waals surface area contributed by atoms with Gasteiger partial charge in [0, 0.05) is 17.0 Å². The van der Waals surface area contributed by atoms with Crippen LogP contribution >= 0.6 is 11.3 Å². The lowest BCUT2D eigenvalue weighted by Crippen LogP contribution is -2.36. The minimum Gasteiger partial charge on any atom is -0.492 e. The Hall–Kier alpha value is -2.38. The molecule has 3 aromatic rings. The smallest absolute Gasteiger partial charge is 0.268 e. The first-order valence-corrected chi connectivity index (χ1v) is 11.6. The second kappa shape index (κ2) is 7.22. The van der Waals surface area contributed by atoms with Crippen LogP contribution in [0.5, 0.6) is 5.75 Å². The van der Waals surface area contributed by atoms with Gasteiger partial charge in [-0.1, -0.05) is 18.2 Å². The van der Waals surface area contributed by atoms with Crippen molar-refractivity contribution in [1.29, 1.82) is 0 Å². The zero-order valence-electron chi connectivity index (χ0n) is 16.0. The molecular formula is C21H22N2O3S2. The molecule has 1 aliphatic heterocycles. The van der Waals surface area contributed by atoms with Crippen LogP contribution in [0.2, 0.25) is 0 Å². The molecule has 0 unspecified atom stereocenters. The number of rotatable bonds is 5. The summed E-state index contributed by atoms with van der Waals surface area (Å²) in [7, 11) is -3.79. The van der Waals surface area contributed by atoms with Gasteiger partial charge in [0.2, 0.25) is 0 Å². The summed E-state index contributed by atoms with van der Waals surface area (Å²) < 4.78 is 34.6. The molecule has 0 N–H and O–H groups in total. The zero-order valence-corrected chi connectivity index (χ0v) is 17.7. The van der Waals surface area contributed by atoms with Crippen molar-refractivity contribution in [3.63, 3.8) is 0 Å². The highest BCUT2D eigenvalue weighted by molar-refractivity contribution is 7.93. The largest absolute Gasteiger partial charge is 0.492 e. The Kier molecular flexibility index (Phi) is 4.89. The molecule has 0 aliphatic carbocycles. The van der Waals surface area contributed by atoms with Gasteiger partial charge in [0.25, 0.3) is 10.0 Å². The van der Waals surface area contributed by atoms with E-state index in [0.717, 1.165) is 27.5 Å². The van der Waals surface area contributed by atoms with Crippen molar-refractivity contribution in [3.8, 4) is 17.0 Å². The van der Waals surface area contributed by atoms with E-state index >= 15 is 0 Å². The molecular weight excluding hydrogens is 392 g/mol. The first-order chi connectivity index (χ1) is 13.4. The van der Waals surface area contributed by atoms with E-state index in [4.69, 9.17) is 4.74 Å². The predicted molar refractivity (Wildman–Crippen MR) is 113 cm³/mol. The standard InChI is InChI=1S/C21H22N2O3S2/c1-4-26-20-10-9-16(18-13-27-15(3)22-18)12-21(20)28(24,25)23-14(2)11-17-7-5-6-8-19(17)23/h5-10,12-14H,4,11H2,1-3H3/t14-/m1/s1. The lowest BCUT2D eigenvalue weighted by Gasteiger charge is -2.25. The Labute approximate surface area is 169 Å². The number of nitrogens with zero attached hydrogens (tertiary/aromatic N) is 2. The fourth-order valence-corrected chi connectivity index (χ4v) is 6.13. The van der Waals surface area contributed by atoms with Gasteiger partial charge in [-0.25, -0.2) is 13.4 Å². The summed E-state index contributed by atoms with van der Waals surface area (Å²) in [4.78, 5) is 4.68. The third kappa shape index (κ3) is 3.18. The maximum atomic E-state index is 13.7. The van der Waals surface area contributed by atoms with Gasteiger partial charge in [-0.15, -0.1) is 11.3 Å². The maximum Gasteiger partial charge on any atom is 0.268 e. The molecule has 5 nitrogen and oxygen atoms in total. The van der Waals surface area contributed by atoms with E-state index in [9.17, 15) is 8.42 Å². The summed E-state index contributed by atoms with van der Waals surface area (Å²) in [6.07, 6.45) is 0.699. The first-order valence-electron chi connectivity index (χ1n) is 9.23. The average molecular weight is 415 g/mol. The second-order valence-corrected chi connectivity index (χ2v) is 9.67. The van der Waals surface area contributed by atoms with Crippen LogP contribution in [0.15, 0.2) is 52.7 Å². The summed E-state index contributed by atoms with van der Waals surface area (Å²) >= 11 is 1.54. The fraction of sp³-hybridized carbons (Fsp3) is 0.286. The van der Waals surface area contributed by atoms with Crippen molar-refractivity contribution in [3.05, 3.63) is 58.4 Å². The van der Waals surface area contributed by atoms with Crippen LogP contribution < -0.4 is 9.04 Å². The van der Waals surface area contributed by atoms with Gasteiger partial charge < -0.3 is 4.74 Å². The molecule has 4 rings (SSSR count). The number of hydrogen-bond acceptors (Lipinski definition) is 5. The highest BCUT2D eigenvalue weighted by Crippen LogP contribution is 2.40. The van der Waals surface area contributed by atoms with E-state index in [1.807, 2.05) is 56.5 Å². The van der Waals surface area contributed by atoms with Crippen molar-refractivity contribution in [2.75, 3.05) is 10.9 Å². The number of ether oxygens (including phenoxy) is 1. The topological polar surface area (TPSA) is 59.5 Å². The van der Waals surface area contributed by atoms with Gasteiger partial charge in [-0.3, -0.25) is 4.31 Å². The molecule has 2 heterocycles. The number of anilines is 1. The van der Waals surface area contributed by atoms with Gasteiger partial charge in [0.15, 0.2) is 0 Å². The highest BCUT2D eigenvalue weighted by atomic mass is 32.2. The molecule has 0 saturated heterocycles. The van der Waals surface area contributed by atoms with Crippen molar-refractivity contribution in [2.24, 2.45) is 0 Å². The summed E-state index contributed by atoms with van der Waals surface area (Å²) in [6, 6.07) is 12.8. The van der Waals surface area contributed by atoms with Gasteiger partial charge in [0.05, 0.1) is 23.0 Å². The first kappa shape index (κ1) is 19.0. The molecule has 2 aromatic carbocycles. The molecule has 146 valence electrons. The molecule has 0 saturated carbocycles. The number of thiazole rings is 1. The molecule has 28 heavy (non-hydrogen) atoms. The van der Waals surface area contributed by atoms with E-state index in [0.29, 0.717) is 18.8 Å². The van der Waals surface area contributed by atoms with Crippen LogP contribution in [0.1, 0.15) is 24.4 Å². The molecule has 0 radical (unpaired) electrons. The highest BCUT2D eigenvalue weighted by Gasteiger charge is 2.37. The lowest BCUT2D eigenvalue weighted by molar-refractivity contribution is 0.331. The normalized spacial score (nSPS) is 16.2. The van der Waals surface area contributed by atoms with Gasteiger partial charge in [-0.2, -0.15) is 0 Å². The van der Waals surface area contributed by atoms with Crippen LogP contribution in [-0.4, -0.2) is 26.1 Å². The summed E-state index contributed by atoms with van der Waals surface area (Å²) in [6.45, 7) is 6.11. The van der Waals surface area contributed by atoms with Crippen LogP contribution in [0, 0.1) is 6.92 Å². The van der Waals surface area contributed by atoms with E-state index in [2.05, 4.69) is 4.98 Å². The van der Waals surface area contributed by atoms with Gasteiger partial charge in [-0.05, 0) is 57.0 Å². The molecule has 7 heteroatoms. The van der Waals surface area contributed by atoms with E-state index in [-0.39, 0.29) is 10.9 Å². The molecule has 0 bridgehead atoms. The van der Waals surface area contributed by atoms with E-state index in [1.54, 1.807) is 23.5 Å². The minimum atomic E-state index is -3.79. The lowest BCUT2D eigenvalue weighted by atomic mass is 10.1. The predicted octanol–water partition coefficient (Wildman–Crippen LogP) is 4.66. The van der Waals surface area contributed by atoms with Crippen molar-refractivity contribution in [2.45, 2.75) is 38.1 Å². The Morgan fingerprint density at radius 2 is 2.04 bits per heavy atom. The van der Waals surface area contributed by atoms with Crippen LogP contribution in [-0.2, 0) is 16.4 Å². The van der Waals surface area contributed by atoms with Crippen molar-refractivity contribution < 1.29 is 13.2 Å². The molecule has 1 atom stereocenters. The quantitative estimate of drug-likeness (QED) is 0.609. The maximum absolute atomic E-state index is 13.7. The number of hydrogen-bond donors (Lipinski definition) is 0. The SMILES string of the molecule is CCOc1ccc(-c2csc(C)n2)cc1S(=O)(=O)N1c2ccccc2C[C@H]1C. The monoisotopic (exact) mass is 414 g/mol. The number of sulfonamides is 1. The number of benzene rings is 2. The molecule has 1 aromatic heterocycles. The Balaban J connectivity index is 1.86. The van der Waals surface area contributed by atoms with Gasteiger partial charge in [0.1, 0.15) is 10.6 Å². The number of fused-ring (bicyclic) bond motifs is 1. The van der Waals surface area contributed by atoms with E-state index in [1.165, 1.54) is 4.31 Å². The summed E-state index contributed by atoms with van der Waals surface area (Å²) in [5, 5.41) is 2.88. The summed E-state index contributed by atoms with van der Waals surface area (Å²) in [5.74, 6) is 0.370. The van der Waals surface area contributed by atoms with E-state index < -0.39 is 10.0 Å².